The van der Waals surface area contributed by atoms with Gasteiger partial charge in [-0.2, -0.15) is 0 Å². The SMILES string of the molecule is C.C.CCOP(=O)(OCC)C1OC2(CCCCC2)OC1=O.Cc1cc(/C=C2/OC3(CCCCC3)OC2=O)cc(C)c1OCc1ccccc1.Cc1cc(C=O)cc(C)c1CCc1ccccc1.[2HH]. The molecule has 4 aliphatic rings. The van der Waals surface area contributed by atoms with E-state index >= 15 is 0 Å². The van der Waals surface area contributed by atoms with Crippen LogP contribution >= 0.6 is 7.60 Å². The summed E-state index contributed by atoms with van der Waals surface area (Å²) in [6.07, 6.45) is 13.8. The van der Waals surface area contributed by atoms with Gasteiger partial charge in [-0.3, -0.25) is 9.36 Å². The van der Waals surface area contributed by atoms with E-state index in [2.05, 4.69) is 38.1 Å². The summed E-state index contributed by atoms with van der Waals surface area (Å²) in [6, 6.07) is 28.6. The summed E-state index contributed by atoms with van der Waals surface area (Å²) in [7, 11) is -3.61. The summed E-state index contributed by atoms with van der Waals surface area (Å²) in [5, 5.41) is 0. The fraction of sp³-hybridized carbons (Fsp3) is 0.473. The largest absolute Gasteiger partial charge is 0.488 e. The first-order valence-electron chi connectivity index (χ1n) is 23.1. The maximum absolute atomic E-state index is 12.6. The Bertz CT molecular complexity index is 2260. The average molecular weight is 944 g/mol. The second-order valence-electron chi connectivity index (χ2n) is 17.2. The van der Waals surface area contributed by atoms with E-state index in [4.69, 9.17) is 32.7 Å². The van der Waals surface area contributed by atoms with E-state index in [1.165, 1.54) is 28.7 Å². The van der Waals surface area contributed by atoms with Crippen LogP contribution in [0.2, 0.25) is 0 Å². The van der Waals surface area contributed by atoms with E-state index in [1.54, 1.807) is 19.9 Å². The van der Waals surface area contributed by atoms with Gasteiger partial charge in [0, 0.05) is 32.7 Å². The number of carbonyl (C=O) groups is 3. The molecule has 2 saturated carbocycles. The van der Waals surface area contributed by atoms with Crippen molar-refractivity contribution in [2.45, 2.75) is 157 Å². The molecule has 0 bridgehead atoms. The van der Waals surface area contributed by atoms with E-state index in [-0.39, 0.29) is 35.5 Å². The molecule has 2 aliphatic carbocycles. The highest BCUT2D eigenvalue weighted by molar-refractivity contribution is 7.55. The van der Waals surface area contributed by atoms with Gasteiger partial charge >= 0.3 is 19.5 Å². The van der Waals surface area contributed by atoms with Crippen LogP contribution in [0.1, 0.15) is 149 Å². The van der Waals surface area contributed by atoms with Crippen molar-refractivity contribution in [3.8, 4) is 5.75 Å². The van der Waals surface area contributed by atoms with Gasteiger partial charge in [-0.15, -0.1) is 0 Å². The highest BCUT2D eigenvalue weighted by Crippen LogP contribution is 2.58. The van der Waals surface area contributed by atoms with Gasteiger partial charge in [-0.25, -0.2) is 9.59 Å². The summed E-state index contributed by atoms with van der Waals surface area (Å²) < 4.78 is 51.6. The van der Waals surface area contributed by atoms with Crippen molar-refractivity contribution < 1.29 is 53.1 Å². The lowest BCUT2D eigenvalue weighted by atomic mass is 9.94. The Kier molecular flexibility index (Phi) is 20.6. The third-order valence-corrected chi connectivity index (χ3v) is 14.2. The molecule has 366 valence electrons. The molecule has 4 aromatic rings. The molecule has 4 fully saturated rings. The minimum atomic E-state index is -3.61. The normalized spacial score (nSPS) is 18.5. The highest BCUT2D eigenvalue weighted by atomic mass is 31.2. The van der Waals surface area contributed by atoms with Crippen molar-refractivity contribution in [2.24, 2.45) is 0 Å². The lowest BCUT2D eigenvalue weighted by molar-refractivity contribution is -0.188. The molecule has 67 heavy (non-hydrogen) atoms. The molecule has 2 aliphatic heterocycles. The second-order valence-corrected chi connectivity index (χ2v) is 19.3. The van der Waals surface area contributed by atoms with E-state index in [9.17, 15) is 18.9 Å². The lowest BCUT2D eigenvalue weighted by Gasteiger charge is -2.31. The van der Waals surface area contributed by atoms with Crippen molar-refractivity contribution in [1.29, 1.82) is 0 Å². The maximum Gasteiger partial charge on any atom is 0.377 e. The van der Waals surface area contributed by atoms with Crippen LogP contribution in [-0.4, -0.2) is 48.9 Å². The van der Waals surface area contributed by atoms with Gasteiger partial charge in [0.25, 0.3) is 11.6 Å². The van der Waals surface area contributed by atoms with Crippen LogP contribution in [0.25, 0.3) is 6.08 Å². The minimum absolute atomic E-state index is 0. The van der Waals surface area contributed by atoms with Crippen LogP contribution < -0.4 is 4.74 Å². The van der Waals surface area contributed by atoms with Gasteiger partial charge in [0.15, 0.2) is 0 Å². The molecule has 4 aromatic carbocycles. The summed E-state index contributed by atoms with van der Waals surface area (Å²) in [4.78, 5) is 35.1. The molecule has 0 N–H and O–H groups in total. The number of carbonyl (C=O) groups excluding carboxylic acids is 3. The number of benzene rings is 4. The van der Waals surface area contributed by atoms with Crippen LogP contribution in [0.5, 0.6) is 5.75 Å². The fourth-order valence-corrected chi connectivity index (χ4v) is 10.7. The maximum atomic E-state index is 12.6. The Morgan fingerprint density at radius 1 is 0.657 bits per heavy atom. The molecular formula is C55H75O11P. The quantitative estimate of drug-likeness (QED) is 0.0549. The smallest absolute Gasteiger partial charge is 0.377 e. The van der Waals surface area contributed by atoms with E-state index in [0.29, 0.717) is 25.2 Å². The molecular weight excluding hydrogens is 868 g/mol. The average Bonchev–Trinajstić information content (AvgIpc) is 3.78. The molecule has 0 aromatic heterocycles. The van der Waals surface area contributed by atoms with E-state index in [1.807, 2.05) is 74.5 Å². The first-order valence-corrected chi connectivity index (χ1v) is 24.7. The van der Waals surface area contributed by atoms with Crippen LogP contribution in [-0.2, 0) is 61.6 Å². The zero-order chi connectivity index (χ0) is 46.5. The van der Waals surface area contributed by atoms with Gasteiger partial charge in [-0.1, -0.05) is 88.4 Å². The Hall–Kier alpha value is -5.06. The number of ether oxygens (including phenoxy) is 5. The zero-order valence-electron chi connectivity index (χ0n) is 38.9. The summed E-state index contributed by atoms with van der Waals surface area (Å²) in [5.41, 5.74) is 10.0. The molecule has 2 spiro atoms. The molecule has 12 heteroatoms. The van der Waals surface area contributed by atoms with Crippen LogP contribution in [0, 0.1) is 27.7 Å². The standard InChI is InChI=1S/C24H26O4.C17H18O.C12H21O6P.2CH4.H2/c1-17-13-20(14-18(2)22(17)26-16-19-9-5-3-6-10-19)15-21-23(25)28-24(27-21)11-7-4-8-12-24;1-13-10-16(12-18)11-14(2)17(13)9-8-15-6-4-3-5-7-15;1-3-15-19(14,16-4-2)11-10(13)17-12(18-11)8-6-5-7-9-12;;;/h3,5-6,9-10,13-15H,4,7-8,11-12,16H2,1-2H3;3-7,10-12H,8-9H2,1-2H3;11H,3-9H2,1-2H3;2*1H4;1H/b21-15+;;;;;/i;;;;;1+1. The van der Waals surface area contributed by atoms with Gasteiger partial charge in [0.1, 0.15) is 18.6 Å². The van der Waals surface area contributed by atoms with E-state index < -0.39 is 31.0 Å². The molecule has 1 atom stereocenters. The van der Waals surface area contributed by atoms with Gasteiger partial charge < -0.3 is 32.7 Å². The Morgan fingerprint density at radius 3 is 1.69 bits per heavy atom. The first kappa shape index (κ1) is 54.5. The zero-order valence-corrected chi connectivity index (χ0v) is 39.8. The Labute approximate surface area is 400 Å². The fourth-order valence-electron chi connectivity index (χ4n) is 8.99. The first-order chi connectivity index (χ1) is 31.3. The highest BCUT2D eigenvalue weighted by Gasteiger charge is 2.57. The predicted octanol–water partition coefficient (Wildman–Crippen LogP) is 13.7. The molecule has 2 heterocycles. The van der Waals surface area contributed by atoms with Crippen molar-refractivity contribution in [2.75, 3.05) is 13.2 Å². The van der Waals surface area contributed by atoms with Gasteiger partial charge in [-0.05, 0) is 155 Å². The third kappa shape index (κ3) is 14.5. The second kappa shape index (κ2) is 25.3. The summed E-state index contributed by atoms with van der Waals surface area (Å²) >= 11 is 0. The lowest BCUT2D eigenvalue weighted by Crippen LogP contribution is -2.33. The molecule has 0 radical (unpaired) electrons. The van der Waals surface area contributed by atoms with Gasteiger partial charge in [0.2, 0.25) is 11.5 Å². The Balaban J connectivity index is 0.000000274. The third-order valence-electron chi connectivity index (χ3n) is 12.1. The topological polar surface area (TPSA) is 133 Å². The minimum Gasteiger partial charge on any atom is -0.488 e. The number of hydrogen-bond donors (Lipinski definition) is 0. The van der Waals surface area contributed by atoms with Crippen LogP contribution in [0.3, 0.4) is 0 Å². The summed E-state index contributed by atoms with van der Waals surface area (Å²) in [6.45, 7) is 12.5. The van der Waals surface area contributed by atoms with E-state index in [0.717, 1.165) is 97.6 Å². The van der Waals surface area contributed by atoms with Gasteiger partial charge in [0.05, 0.1) is 13.2 Å². The number of hydrogen-bond acceptors (Lipinski definition) is 11. The van der Waals surface area contributed by atoms with Crippen LogP contribution in [0.4, 0.5) is 0 Å². The monoisotopic (exact) mass is 944 g/mol. The number of rotatable bonds is 13. The summed E-state index contributed by atoms with van der Waals surface area (Å²) in [5.74, 6) is -2.70. The van der Waals surface area contributed by atoms with Crippen molar-refractivity contribution >= 4 is 31.9 Å². The molecule has 2 saturated heterocycles. The van der Waals surface area contributed by atoms with Crippen molar-refractivity contribution in [1.82, 2.24) is 0 Å². The van der Waals surface area contributed by atoms with Crippen molar-refractivity contribution in [3.05, 3.63) is 141 Å². The molecule has 8 rings (SSSR count). The predicted molar refractivity (Wildman–Crippen MR) is 266 cm³/mol. The number of aldehydes is 1. The molecule has 11 nitrogen and oxygen atoms in total. The molecule has 1 unspecified atom stereocenters. The number of esters is 2. The Morgan fingerprint density at radius 2 is 1.16 bits per heavy atom. The van der Waals surface area contributed by atoms with Crippen molar-refractivity contribution in [3.63, 3.8) is 0 Å². The molecule has 0 amide bonds. The van der Waals surface area contributed by atoms with Crippen LogP contribution in [0.15, 0.2) is 90.7 Å². The number of aryl methyl sites for hydroxylation is 5.